The number of hydrogen-bond acceptors (Lipinski definition) is 10. The lowest BCUT2D eigenvalue weighted by Crippen LogP contribution is -2.44. The topological polar surface area (TPSA) is 199 Å². The molecular weight excluding hydrogens is 280 g/mol. The molecule has 5 atom stereocenters. The van der Waals surface area contributed by atoms with Gasteiger partial charge in [-0.05, 0) is 0 Å². The Hall–Kier alpha value is -0.690. The van der Waals surface area contributed by atoms with Crippen molar-refractivity contribution >= 4 is 5.78 Å². The first-order valence-electron chi connectivity index (χ1n) is 5.63. The molecule has 0 aliphatic heterocycles. The van der Waals surface area contributed by atoms with Crippen LogP contribution >= 0.6 is 0 Å². The van der Waals surface area contributed by atoms with Crippen molar-refractivity contribution in [3.63, 3.8) is 0 Å². The molecular formula is C10H22O10. The lowest BCUT2D eigenvalue weighted by atomic mass is 10.1. The summed E-state index contributed by atoms with van der Waals surface area (Å²) in [4.78, 5) is 10.5. The first kappa shape index (κ1) is 21.6. The monoisotopic (exact) mass is 302 g/mol. The highest BCUT2D eigenvalue weighted by Crippen LogP contribution is 2.00. The van der Waals surface area contributed by atoms with Crippen molar-refractivity contribution in [2.24, 2.45) is 0 Å². The molecule has 10 nitrogen and oxygen atoms in total. The fraction of sp³-hybridized carbons (Fsp3) is 0.900. The van der Waals surface area contributed by atoms with Gasteiger partial charge in [0, 0.05) is 0 Å². The lowest BCUT2D eigenvalue weighted by Gasteiger charge is -2.19. The molecule has 0 spiro atoms. The van der Waals surface area contributed by atoms with Crippen LogP contribution in [0.25, 0.3) is 0 Å². The van der Waals surface area contributed by atoms with Crippen LogP contribution in [0.5, 0.6) is 0 Å². The van der Waals surface area contributed by atoms with Crippen LogP contribution in [0.15, 0.2) is 0 Å². The summed E-state index contributed by atoms with van der Waals surface area (Å²) in [5, 5.41) is 76.2. The predicted molar refractivity (Wildman–Crippen MR) is 63.4 cm³/mol. The molecule has 0 unspecified atom stereocenters. The molecule has 9 N–H and O–H groups in total. The van der Waals surface area contributed by atoms with Crippen LogP contribution in [0, 0.1) is 0 Å². The van der Waals surface area contributed by atoms with Gasteiger partial charge in [0.2, 0.25) is 0 Å². The van der Waals surface area contributed by atoms with E-state index in [4.69, 9.17) is 46.0 Å². The Labute approximate surface area is 114 Å². The van der Waals surface area contributed by atoms with Crippen molar-refractivity contribution in [2.75, 3.05) is 26.4 Å². The second-order valence-corrected chi connectivity index (χ2v) is 3.81. The van der Waals surface area contributed by atoms with Crippen molar-refractivity contribution in [1.82, 2.24) is 0 Å². The molecule has 0 aliphatic carbocycles. The lowest BCUT2D eigenvalue weighted by molar-refractivity contribution is -0.142. The van der Waals surface area contributed by atoms with Gasteiger partial charge < -0.3 is 46.0 Å². The third-order valence-corrected chi connectivity index (χ3v) is 2.21. The molecule has 0 aromatic carbocycles. The molecule has 0 aliphatic rings. The average molecular weight is 302 g/mol. The zero-order valence-electron chi connectivity index (χ0n) is 10.6. The van der Waals surface area contributed by atoms with E-state index < -0.39 is 62.7 Å². The molecule has 0 aromatic heterocycles. The van der Waals surface area contributed by atoms with Crippen molar-refractivity contribution in [2.45, 2.75) is 30.5 Å². The van der Waals surface area contributed by atoms with Gasteiger partial charge in [-0.2, -0.15) is 0 Å². The van der Waals surface area contributed by atoms with E-state index in [9.17, 15) is 4.79 Å². The van der Waals surface area contributed by atoms with Gasteiger partial charge in [0.1, 0.15) is 37.1 Å². The smallest absolute Gasteiger partial charge is 0.189 e. The Kier molecular flexibility index (Phi) is 13.1. The number of aliphatic hydroxyl groups excluding tert-OH is 9. The quantitative estimate of drug-likeness (QED) is 0.208. The standard InChI is InChI=1S/C6H12O6.C4H10O4/c7-1-3(9)5(11)6(12)4(10)2-8;5-1-3(7)4(8)2-6/h3,5-9,11-12H,1-2H2;3-8H,1-2H2/t3-,5+,6-;3-,4+/m1./s1. The van der Waals surface area contributed by atoms with E-state index in [1.165, 1.54) is 0 Å². The van der Waals surface area contributed by atoms with Gasteiger partial charge in [0.15, 0.2) is 5.78 Å². The number of hydrogen-bond donors (Lipinski definition) is 9. The zero-order valence-corrected chi connectivity index (χ0v) is 10.6. The molecule has 0 fully saturated rings. The van der Waals surface area contributed by atoms with Crippen LogP contribution in [0.2, 0.25) is 0 Å². The Morgan fingerprint density at radius 1 is 0.700 bits per heavy atom. The average Bonchev–Trinajstić information content (AvgIpc) is 2.50. The maximum absolute atomic E-state index is 10.5. The zero-order chi connectivity index (χ0) is 16.3. The minimum atomic E-state index is -1.86. The molecule has 0 saturated carbocycles. The number of carbonyl (C=O) groups excluding carboxylic acids is 1. The van der Waals surface area contributed by atoms with Crippen molar-refractivity contribution < 1.29 is 50.8 Å². The number of Topliss-reactive ketones (excluding diaryl/α,β-unsaturated/α-hetero) is 1. The van der Waals surface area contributed by atoms with E-state index in [2.05, 4.69) is 0 Å². The number of aliphatic hydroxyl groups is 9. The summed E-state index contributed by atoms with van der Waals surface area (Å²) in [7, 11) is 0. The van der Waals surface area contributed by atoms with Crippen LogP contribution in [0.1, 0.15) is 0 Å². The van der Waals surface area contributed by atoms with Crippen LogP contribution < -0.4 is 0 Å². The molecule has 0 bridgehead atoms. The van der Waals surface area contributed by atoms with Gasteiger partial charge in [-0.25, -0.2) is 0 Å². The largest absolute Gasteiger partial charge is 0.394 e. The highest BCUT2D eigenvalue weighted by Gasteiger charge is 2.28. The number of rotatable bonds is 8. The van der Waals surface area contributed by atoms with E-state index in [1.54, 1.807) is 0 Å². The molecule has 10 heteroatoms. The normalized spacial score (nSPS) is 18.2. The second kappa shape index (κ2) is 12.1. The van der Waals surface area contributed by atoms with E-state index in [0.717, 1.165) is 0 Å². The third-order valence-electron chi connectivity index (χ3n) is 2.21. The molecule has 0 amide bonds. The van der Waals surface area contributed by atoms with Gasteiger partial charge >= 0.3 is 0 Å². The van der Waals surface area contributed by atoms with Gasteiger partial charge in [0.05, 0.1) is 19.8 Å². The van der Waals surface area contributed by atoms with E-state index in [1.807, 2.05) is 0 Å². The van der Waals surface area contributed by atoms with Gasteiger partial charge in [-0.1, -0.05) is 0 Å². The highest BCUT2D eigenvalue weighted by atomic mass is 16.4. The summed E-state index contributed by atoms with van der Waals surface area (Å²) < 4.78 is 0. The van der Waals surface area contributed by atoms with E-state index in [-0.39, 0.29) is 0 Å². The fourth-order valence-electron chi connectivity index (χ4n) is 0.846. The highest BCUT2D eigenvalue weighted by molar-refractivity contribution is 5.84. The third kappa shape index (κ3) is 8.47. The molecule has 122 valence electrons. The predicted octanol–water partition coefficient (Wildman–Crippen LogP) is -5.68. The summed E-state index contributed by atoms with van der Waals surface area (Å²) >= 11 is 0. The molecule has 0 saturated heterocycles. The second-order valence-electron chi connectivity index (χ2n) is 3.81. The fourth-order valence-corrected chi connectivity index (χ4v) is 0.846. The van der Waals surface area contributed by atoms with Crippen molar-refractivity contribution in [1.29, 1.82) is 0 Å². The van der Waals surface area contributed by atoms with Crippen LogP contribution in [0.4, 0.5) is 0 Å². The molecule has 0 heterocycles. The maximum Gasteiger partial charge on any atom is 0.189 e. The SMILES string of the molecule is O=C(CO)[C@@H](O)[C@@H](O)[C@H](O)CO.OC[C@@H](O)[C@@H](O)CO. The number of carbonyl (C=O) groups is 1. The van der Waals surface area contributed by atoms with Crippen LogP contribution in [-0.2, 0) is 4.79 Å². The molecule has 0 rings (SSSR count). The Morgan fingerprint density at radius 2 is 1.05 bits per heavy atom. The Morgan fingerprint density at radius 3 is 1.30 bits per heavy atom. The van der Waals surface area contributed by atoms with Crippen molar-refractivity contribution in [3.05, 3.63) is 0 Å². The Balaban J connectivity index is 0. The van der Waals surface area contributed by atoms with Gasteiger partial charge in [0.25, 0.3) is 0 Å². The van der Waals surface area contributed by atoms with Gasteiger partial charge in [-0.15, -0.1) is 0 Å². The van der Waals surface area contributed by atoms with Crippen LogP contribution in [0.3, 0.4) is 0 Å². The van der Waals surface area contributed by atoms with Crippen molar-refractivity contribution in [3.8, 4) is 0 Å². The number of ketones is 1. The first-order valence-corrected chi connectivity index (χ1v) is 5.63. The molecule has 20 heavy (non-hydrogen) atoms. The van der Waals surface area contributed by atoms with E-state index in [0.29, 0.717) is 0 Å². The summed E-state index contributed by atoms with van der Waals surface area (Å²) in [6, 6.07) is 0. The van der Waals surface area contributed by atoms with Gasteiger partial charge in [-0.3, -0.25) is 4.79 Å². The van der Waals surface area contributed by atoms with Crippen LogP contribution in [-0.4, -0.2) is 109 Å². The molecule has 0 aromatic rings. The maximum atomic E-state index is 10.5. The molecule has 0 radical (unpaired) electrons. The van der Waals surface area contributed by atoms with E-state index >= 15 is 0 Å². The summed E-state index contributed by atoms with van der Waals surface area (Å²) in [5.74, 6) is -1.00. The summed E-state index contributed by atoms with van der Waals surface area (Å²) in [6.45, 7) is -2.74. The minimum absolute atomic E-state index is 0.526. The summed E-state index contributed by atoms with van der Waals surface area (Å²) in [5.41, 5.74) is 0. The summed E-state index contributed by atoms with van der Waals surface area (Å²) in [6.07, 6.45) is -7.66. The Bertz CT molecular complexity index is 240. The first-order chi connectivity index (χ1) is 9.26. The minimum Gasteiger partial charge on any atom is -0.394 e.